The van der Waals surface area contributed by atoms with E-state index in [4.69, 9.17) is 0 Å². The van der Waals surface area contributed by atoms with Crippen molar-refractivity contribution in [2.45, 2.75) is 20.3 Å². The van der Waals surface area contributed by atoms with Crippen LogP contribution in [-0.2, 0) is 6.42 Å². The maximum Gasteiger partial charge on any atom is 0.254 e. The summed E-state index contributed by atoms with van der Waals surface area (Å²) in [6, 6.07) is 14.2. The van der Waals surface area contributed by atoms with Gasteiger partial charge in [-0.05, 0) is 43.0 Å². The lowest BCUT2D eigenvalue weighted by Crippen LogP contribution is -2.26. The number of aromatic nitrogens is 3. The number of carbonyl (C=O) groups excluding carboxylic acids is 1. The number of hydrogen-bond donors (Lipinski definition) is 3. The lowest BCUT2D eigenvalue weighted by atomic mass is 10.1. The van der Waals surface area contributed by atoms with Crippen molar-refractivity contribution >= 4 is 28.4 Å². The first-order valence-corrected chi connectivity index (χ1v) is 9.60. The summed E-state index contributed by atoms with van der Waals surface area (Å²) in [5.74, 6) is 0.293. The fourth-order valence-electron chi connectivity index (χ4n) is 3.38. The summed E-state index contributed by atoms with van der Waals surface area (Å²) < 4.78 is 0. The number of nitrogens with one attached hydrogen (secondary N) is 3. The first-order valence-electron chi connectivity index (χ1n) is 9.60. The Kier molecular flexibility index (Phi) is 5.24. The second-order valence-corrected chi connectivity index (χ2v) is 7.05. The second kappa shape index (κ2) is 8.14. The van der Waals surface area contributed by atoms with Gasteiger partial charge in [0.15, 0.2) is 0 Å². The van der Waals surface area contributed by atoms with Gasteiger partial charge in [0.1, 0.15) is 0 Å². The molecule has 0 aliphatic rings. The Bertz CT molecular complexity index is 1130. The molecule has 0 unspecified atom stereocenters. The van der Waals surface area contributed by atoms with Gasteiger partial charge in [-0.2, -0.15) is 0 Å². The van der Waals surface area contributed by atoms with E-state index >= 15 is 0 Å². The van der Waals surface area contributed by atoms with Crippen LogP contribution in [0.2, 0.25) is 0 Å². The highest BCUT2D eigenvalue weighted by atomic mass is 16.1. The molecule has 4 aromatic rings. The zero-order chi connectivity index (χ0) is 20.2. The number of benzene rings is 2. The molecule has 0 bridgehead atoms. The molecular formula is C23H23N5O. The normalized spacial score (nSPS) is 10.8. The van der Waals surface area contributed by atoms with E-state index < -0.39 is 0 Å². The molecule has 0 atom stereocenters. The Hall–Kier alpha value is -3.67. The van der Waals surface area contributed by atoms with Crippen LogP contribution >= 0.6 is 0 Å². The predicted octanol–water partition coefficient (Wildman–Crippen LogP) is 4.29. The topological polar surface area (TPSA) is 82.7 Å². The van der Waals surface area contributed by atoms with Crippen molar-refractivity contribution in [3.63, 3.8) is 0 Å². The number of H-pyrrole nitrogens is 1. The van der Waals surface area contributed by atoms with Crippen LogP contribution < -0.4 is 10.6 Å². The smallest absolute Gasteiger partial charge is 0.254 e. The maximum absolute atomic E-state index is 12.4. The summed E-state index contributed by atoms with van der Waals surface area (Å²) >= 11 is 0. The standard InChI is InChI=1S/C23H23N5O/c1-15-6-5-7-16(2)21(15)28-23-26-13-18(14-27-23)22(29)24-11-10-17-12-25-20-9-4-3-8-19(17)20/h3-9,12-14,25H,10-11H2,1-2H3,(H,24,29)(H,26,27,28). The van der Waals surface area contributed by atoms with Gasteiger partial charge in [0, 0.05) is 41.7 Å². The molecule has 0 saturated heterocycles. The number of hydrogen-bond acceptors (Lipinski definition) is 4. The average molecular weight is 385 g/mol. The predicted molar refractivity (Wildman–Crippen MR) is 116 cm³/mol. The monoisotopic (exact) mass is 385 g/mol. The Morgan fingerprint density at radius 1 is 1.00 bits per heavy atom. The van der Waals surface area contributed by atoms with E-state index in [0.29, 0.717) is 18.1 Å². The number of carbonyl (C=O) groups is 1. The van der Waals surface area contributed by atoms with Gasteiger partial charge < -0.3 is 15.6 Å². The van der Waals surface area contributed by atoms with Crippen LogP contribution in [0.3, 0.4) is 0 Å². The van der Waals surface area contributed by atoms with E-state index in [1.807, 2.05) is 56.4 Å². The van der Waals surface area contributed by atoms with Gasteiger partial charge in [0.2, 0.25) is 5.95 Å². The van der Waals surface area contributed by atoms with Gasteiger partial charge in [-0.15, -0.1) is 0 Å². The Morgan fingerprint density at radius 3 is 2.48 bits per heavy atom. The number of aryl methyl sites for hydroxylation is 2. The highest BCUT2D eigenvalue weighted by molar-refractivity contribution is 5.93. The molecule has 0 spiro atoms. The van der Waals surface area contributed by atoms with E-state index in [1.165, 1.54) is 10.9 Å². The van der Waals surface area contributed by atoms with Crippen LogP contribution in [0.25, 0.3) is 10.9 Å². The summed E-state index contributed by atoms with van der Waals surface area (Å²) in [6.07, 6.45) is 5.84. The van der Waals surface area contributed by atoms with Crippen molar-refractivity contribution in [2.75, 3.05) is 11.9 Å². The number of anilines is 2. The first-order chi connectivity index (χ1) is 14.1. The van der Waals surface area contributed by atoms with Crippen LogP contribution in [0.5, 0.6) is 0 Å². The number of nitrogens with zero attached hydrogens (tertiary/aromatic N) is 2. The summed E-state index contributed by atoms with van der Waals surface area (Å²) in [7, 11) is 0. The van der Waals surface area contributed by atoms with E-state index in [0.717, 1.165) is 28.8 Å². The number of amides is 1. The summed E-state index contributed by atoms with van der Waals surface area (Å²) in [5, 5.41) is 7.35. The van der Waals surface area contributed by atoms with Gasteiger partial charge in [-0.25, -0.2) is 9.97 Å². The van der Waals surface area contributed by atoms with E-state index in [2.05, 4.69) is 31.7 Å². The van der Waals surface area contributed by atoms with Crippen molar-refractivity contribution in [3.05, 3.63) is 83.3 Å². The molecule has 2 heterocycles. The number of rotatable bonds is 6. The molecule has 29 heavy (non-hydrogen) atoms. The molecule has 4 rings (SSSR count). The lowest BCUT2D eigenvalue weighted by Gasteiger charge is -2.11. The molecule has 0 aliphatic heterocycles. The van der Waals surface area contributed by atoms with Gasteiger partial charge in [0.25, 0.3) is 5.91 Å². The van der Waals surface area contributed by atoms with Gasteiger partial charge >= 0.3 is 0 Å². The van der Waals surface area contributed by atoms with Crippen molar-refractivity contribution in [1.82, 2.24) is 20.3 Å². The molecule has 2 aromatic carbocycles. The number of fused-ring (bicyclic) bond motifs is 1. The van der Waals surface area contributed by atoms with Crippen LogP contribution in [0, 0.1) is 13.8 Å². The van der Waals surface area contributed by atoms with Crippen LogP contribution in [0.15, 0.2) is 61.1 Å². The second-order valence-electron chi connectivity index (χ2n) is 7.05. The third-order valence-corrected chi connectivity index (χ3v) is 4.99. The van der Waals surface area contributed by atoms with Crippen molar-refractivity contribution in [3.8, 4) is 0 Å². The molecule has 6 heteroatoms. The molecule has 0 aliphatic carbocycles. The van der Waals surface area contributed by atoms with Crippen LogP contribution in [-0.4, -0.2) is 27.4 Å². The first kappa shape index (κ1) is 18.7. The molecule has 146 valence electrons. The minimum absolute atomic E-state index is 0.177. The summed E-state index contributed by atoms with van der Waals surface area (Å²) in [4.78, 5) is 24.2. The highest BCUT2D eigenvalue weighted by Crippen LogP contribution is 2.22. The van der Waals surface area contributed by atoms with Crippen molar-refractivity contribution < 1.29 is 4.79 Å². The third kappa shape index (κ3) is 4.11. The van der Waals surface area contributed by atoms with Gasteiger partial charge in [-0.3, -0.25) is 4.79 Å². The maximum atomic E-state index is 12.4. The fourth-order valence-corrected chi connectivity index (χ4v) is 3.38. The zero-order valence-corrected chi connectivity index (χ0v) is 16.5. The summed E-state index contributed by atoms with van der Waals surface area (Å²) in [6.45, 7) is 4.61. The Labute approximate surface area is 169 Å². The number of aromatic amines is 1. The fraction of sp³-hybridized carbons (Fsp3) is 0.174. The molecule has 0 radical (unpaired) electrons. The summed E-state index contributed by atoms with van der Waals surface area (Å²) in [5.41, 5.74) is 5.96. The van der Waals surface area contributed by atoms with E-state index in [9.17, 15) is 4.79 Å². The third-order valence-electron chi connectivity index (χ3n) is 4.99. The minimum Gasteiger partial charge on any atom is -0.361 e. The average Bonchev–Trinajstić information content (AvgIpc) is 3.14. The van der Waals surface area contributed by atoms with E-state index in [-0.39, 0.29) is 5.91 Å². The van der Waals surface area contributed by atoms with Gasteiger partial charge in [0.05, 0.1) is 5.56 Å². The molecule has 0 saturated carbocycles. The molecule has 2 aromatic heterocycles. The van der Waals surface area contributed by atoms with E-state index in [1.54, 1.807) is 12.4 Å². The molecular weight excluding hydrogens is 362 g/mol. The SMILES string of the molecule is Cc1cccc(C)c1Nc1ncc(C(=O)NCCc2c[nH]c3ccccc23)cn1. The lowest BCUT2D eigenvalue weighted by molar-refractivity contribution is 0.0953. The quantitative estimate of drug-likeness (QED) is 0.462. The van der Waals surface area contributed by atoms with Crippen molar-refractivity contribution in [2.24, 2.45) is 0 Å². The zero-order valence-electron chi connectivity index (χ0n) is 16.5. The molecule has 6 nitrogen and oxygen atoms in total. The Balaban J connectivity index is 1.35. The highest BCUT2D eigenvalue weighted by Gasteiger charge is 2.09. The molecule has 1 amide bonds. The molecule has 0 fully saturated rings. The number of para-hydroxylation sites is 2. The van der Waals surface area contributed by atoms with Gasteiger partial charge in [-0.1, -0.05) is 36.4 Å². The van der Waals surface area contributed by atoms with Crippen molar-refractivity contribution in [1.29, 1.82) is 0 Å². The van der Waals surface area contributed by atoms with Crippen LogP contribution in [0.4, 0.5) is 11.6 Å². The van der Waals surface area contributed by atoms with Crippen LogP contribution in [0.1, 0.15) is 27.0 Å². The molecule has 3 N–H and O–H groups in total. The largest absolute Gasteiger partial charge is 0.361 e. The Morgan fingerprint density at radius 2 is 1.72 bits per heavy atom. The minimum atomic E-state index is -0.177.